The topological polar surface area (TPSA) is 65.2 Å². The van der Waals surface area contributed by atoms with E-state index in [1.165, 1.54) is 17.1 Å². The fourth-order valence-corrected chi connectivity index (χ4v) is 2.82. The van der Waals surface area contributed by atoms with Gasteiger partial charge in [-0.1, -0.05) is 6.07 Å². The van der Waals surface area contributed by atoms with Crippen LogP contribution in [0.25, 0.3) is 0 Å². The molecule has 0 aromatic carbocycles. The number of aromatic amines is 1. The first-order valence-corrected chi connectivity index (χ1v) is 7.12. The van der Waals surface area contributed by atoms with Crippen LogP contribution in [0.3, 0.4) is 0 Å². The van der Waals surface area contributed by atoms with Gasteiger partial charge in [0.15, 0.2) is 0 Å². The Bertz CT molecular complexity index is 619. The number of nitrogens with one attached hydrogen (secondary N) is 2. The Morgan fingerprint density at radius 1 is 1.45 bits per heavy atom. The molecule has 20 heavy (non-hydrogen) atoms. The van der Waals surface area contributed by atoms with Crippen molar-refractivity contribution in [2.24, 2.45) is 0 Å². The standard InChI is InChI=1S/C14H17N3O2S/c1-17(2)11(12-4-3-7-20-12)9-16-14(19)10-5-6-15-13(18)8-10/h3-8,11H,9H2,1-2H3,(H,15,18)(H,16,19). The molecule has 2 aromatic heterocycles. The highest BCUT2D eigenvalue weighted by Crippen LogP contribution is 2.22. The van der Waals surface area contributed by atoms with E-state index in [4.69, 9.17) is 0 Å². The second kappa shape index (κ2) is 6.49. The number of aromatic nitrogens is 1. The molecule has 1 amide bonds. The van der Waals surface area contributed by atoms with Crippen LogP contribution in [0.1, 0.15) is 21.3 Å². The van der Waals surface area contributed by atoms with Gasteiger partial charge in [0.1, 0.15) is 0 Å². The van der Waals surface area contributed by atoms with Crippen molar-refractivity contribution in [3.05, 3.63) is 56.6 Å². The van der Waals surface area contributed by atoms with Crippen LogP contribution < -0.4 is 10.9 Å². The van der Waals surface area contributed by atoms with Crippen LogP contribution in [0.5, 0.6) is 0 Å². The molecular formula is C14H17N3O2S. The Labute approximate surface area is 121 Å². The second-order valence-electron chi connectivity index (χ2n) is 4.65. The average Bonchev–Trinajstić information content (AvgIpc) is 2.92. The maximum atomic E-state index is 12.0. The van der Waals surface area contributed by atoms with Gasteiger partial charge >= 0.3 is 0 Å². The molecule has 0 aliphatic heterocycles. The van der Waals surface area contributed by atoms with Crippen molar-refractivity contribution in [1.82, 2.24) is 15.2 Å². The molecule has 2 rings (SSSR count). The van der Waals surface area contributed by atoms with E-state index in [0.717, 1.165) is 0 Å². The Morgan fingerprint density at radius 2 is 2.25 bits per heavy atom. The van der Waals surface area contributed by atoms with Crippen LogP contribution in [0.2, 0.25) is 0 Å². The summed E-state index contributed by atoms with van der Waals surface area (Å²) in [6.45, 7) is 0.499. The van der Waals surface area contributed by atoms with E-state index in [1.807, 2.05) is 25.5 Å². The fourth-order valence-electron chi connectivity index (χ4n) is 1.90. The first-order valence-electron chi connectivity index (χ1n) is 6.24. The molecule has 1 atom stereocenters. The molecule has 0 spiro atoms. The van der Waals surface area contributed by atoms with Gasteiger partial charge in [-0.05, 0) is 31.6 Å². The average molecular weight is 291 g/mol. The van der Waals surface area contributed by atoms with Crippen LogP contribution in [-0.2, 0) is 0 Å². The van der Waals surface area contributed by atoms with Gasteiger partial charge in [0, 0.05) is 29.2 Å². The van der Waals surface area contributed by atoms with Gasteiger partial charge in [-0.2, -0.15) is 0 Å². The molecule has 0 fully saturated rings. The van der Waals surface area contributed by atoms with Gasteiger partial charge in [-0.25, -0.2) is 0 Å². The summed E-state index contributed by atoms with van der Waals surface area (Å²) in [7, 11) is 3.95. The smallest absolute Gasteiger partial charge is 0.251 e. The zero-order valence-electron chi connectivity index (χ0n) is 11.4. The third-order valence-electron chi connectivity index (χ3n) is 2.99. The molecule has 2 N–H and O–H groups in total. The van der Waals surface area contributed by atoms with E-state index in [-0.39, 0.29) is 17.5 Å². The van der Waals surface area contributed by atoms with Gasteiger partial charge in [0.2, 0.25) is 5.56 Å². The summed E-state index contributed by atoms with van der Waals surface area (Å²) in [4.78, 5) is 28.9. The number of H-pyrrole nitrogens is 1. The number of hydrogen-bond donors (Lipinski definition) is 2. The van der Waals surface area contributed by atoms with Crippen molar-refractivity contribution in [1.29, 1.82) is 0 Å². The van der Waals surface area contributed by atoms with E-state index in [1.54, 1.807) is 17.4 Å². The predicted octanol–water partition coefficient (Wildman–Crippen LogP) is 1.47. The van der Waals surface area contributed by atoms with Crippen LogP contribution in [0.15, 0.2) is 40.6 Å². The van der Waals surface area contributed by atoms with Gasteiger partial charge < -0.3 is 15.2 Å². The first-order chi connectivity index (χ1) is 9.58. The van der Waals surface area contributed by atoms with E-state index >= 15 is 0 Å². The number of likely N-dealkylation sites (N-methyl/N-ethyl adjacent to an activating group) is 1. The molecule has 0 radical (unpaired) electrons. The molecule has 0 bridgehead atoms. The lowest BCUT2D eigenvalue weighted by molar-refractivity contribution is 0.0942. The SMILES string of the molecule is CN(C)C(CNC(=O)c1cc[nH]c(=O)c1)c1cccs1. The highest BCUT2D eigenvalue weighted by atomic mass is 32.1. The lowest BCUT2D eigenvalue weighted by Gasteiger charge is -2.23. The molecule has 2 aromatic rings. The van der Waals surface area contributed by atoms with E-state index in [0.29, 0.717) is 12.1 Å². The molecule has 6 heteroatoms. The summed E-state index contributed by atoms with van der Waals surface area (Å²) in [5.41, 5.74) is 0.0949. The van der Waals surface area contributed by atoms with Gasteiger partial charge in [-0.15, -0.1) is 11.3 Å². The van der Waals surface area contributed by atoms with E-state index < -0.39 is 0 Å². The zero-order valence-corrected chi connectivity index (χ0v) is 12.2. The zero-order chi connectivity index (χ0) is 14.5. The fraction of sp³-hybridized carbons (Fsp3) is 0.286. The van der Waals surface area contributed by atoms with E-state index in [2.05, 4.69) is 21.3 Å². The number of carbonyl (C=O) groups excluding carboxylic acids is 1. The summed E-state index contributed by atoms with van der Waals surface area (Å²) in [6.07, 6.45) is 1.47. The normalized spacial score (nSPS) is 12.3. The van der Waals surface area contributed by atoms with Crippen LogP contribution in [-0.4, -0.2) is 36.4 Å². The summed E-state index contributed by atoms with van der Waals surface area (Å²) in [5, 5.41) is 4.89. The molecule has 0 saturated carbocycles. The third-order valence-corrected chi connectivity index (χ3v) is 3.96. The Kier molecular flexibility index (Phi) is 4.70. The number of amides is 1. The minimum atomic E-state index is -0.278. The number of hydrogen-bond acceptors (Lipinski definition) is 4. The predicted molar refractivity (Wildman–Crippen MR) is 80.1 cm³/mol. The Balaban J connectivity index is 2.03. The summed E-state index contributed by atoms with van der Waals surface area (Å²) < 4.78 is 0. The molecule has 1 unspecified atom stereocenters. The van der Waals surface area contributed by atoms with Gasteiger partial charge in [0.05, 0.1) is 6.04 Å². The van der Waals surface area contributed by atoms with Crippen molar-refractivity contribution < 1.29 is 4.79 Å². The van der Waals surface area contributed by atoms with Crippen molar-refractivity contribution in [2.45, 2.75) is 6.04 Å². The molecule has 0 aliphatic rings. The maximum absolute atomic E-state index is 12.0. The molecule has 5 nitrogen and oxygen atoms in total. The summed E-state index contributed by atoms with van der Waals surface area (Å²) in [6, 6.07) is 7.06. The maximum Gasteiger partial charge on any atom is 0.251 e. The van der Waals surface area contributed by atoms with Gasteiger partial charge in [-0.3, -0.25) is 9.59 Å². The molecule has 106 valence electrons. The quantitative estimate of drug-likeness (QED) is 0.877. The Hall–Kier alpha value is -1.92. The minimum Gasteiger partial charge on any atom is -0.350 e. The summed E-state index contributed by atoms with van der Waals surface area (Å²) >= 11 is 1.66. The molecule has 0 aliphatic carbocycles. The van der Waals surface area contributed by atoms with Crippen LogP contribution in [0, 0.1) is 0 Å². The highest BCUT2D eigenvalue weighted by molar-refractivity contribution is 7.10. The minimum absolute atomic E-state index is 0.126. The van der Waals surface area contributed by atoms with Crippen molar-refractivity contribution >= 4 is 17.2 Å². The largest absolute Gasteiger partial charge is 0.350 e. The monoisotopic (exact) mass is 291 g/mol. The van der Waals surface area contributed by atoms with Crippen molar-refractivity contribution in [3.8, 4) is 0 Å². The lowest BCUT2D eigenvalue weighted by atomic mass is 10.2. The van der Waals surface area contributed by atoms with Crippen molar-refractivity contribution in [2.75, 3.05) is 20.6 Å². The molecule has 0 saturated heterocycles. The Morgan fingerprint density at radius 3 is 2.85 bits per heavy atom. The van der Waals surface area contributed by atoms with Crippen molar-refractivity contribution in [3.63, 3.8) is 0 Å². The summed E-state index contributed by atoms with van der Waals surface area (Å²) in [5.74, 6) is -0.237. The van der Waals surface area contributed by atoms with Gasteiger partial charge in [0.25, 0.3) is 5.91 Å². The number of carbonyl (C=O) groups is 1. The number of rotatable bonds is 5. The van der Waals surface area contributed by atoms with Crippen LogP contribution in [0.4, 0.5) is 0 Å². The van der Waals surface area contributed by atoms with Crippen LogP contribution >= 0.6 is 11.3 Å². The van der Waals surface area contributed by atoms with E-state index in [9.17, 15) is 9.59 Å². The number of thiophene rings is 1. The molecule has 2 heterocycles. The second-order valence-corrected chi connectivity index (χ2v) is 5.63. The highest BCUT2D eigenvalue weighted by Gasteiger charge is 2.16. The number of pyridine rings is 1. The first kappa shape index (κ1) is 14.5. The lowest BCUT2D eigenvalue weighted by Crippen LogP contribution is -2.34. The number of nitrogens with zero attached hydrogens (tertiary/aromatic N) is 1. The molecular weight excluding hydrogens is 274 g/mol. The third kappa shape index (κ3) is 3.55.